The molecule has 2 heterocycles. The lowest BCUT2D eigenvalue weighted by atomic mass is 9.97. The van der Waals surface area contributed by atoms with Gasteiger partial charge in [-0.05, 0) is 50.9 Å². The first kappa shape index (κ1) is 17.6. The van der Waals surface area contributed by atoms with Crippen LogP contribution >= 0.6 is 0 Å². The summed E-state index contributed by atoms with van der Waals surface area (Å²) in [4.78, 5) is 17.1. The first-order chi connectivity index (χ1) is 12.3. The molecular weight excluding hydrogens is 314 g/mol. The van der Waals surface area contributed by atoms with Crippen LogP contribution in [0.15, 0.2) is 0 Å². The summed E-state index contributed by atoms with van der Waals surface area (Å²) in [6.07, 6.45) is 13.3. The van der Waals surface area contributed by atoms with Crippen LogP contribution in [0.25, 0.3) is 0 Å². The average Bonchev–Trinajstić information content (AvgIpc) is 3.34. The number of amides is 2. The quantitative estimate of drug-likeness (QED) is 0.830. The van der Waals surface area contributed by atoms with E-state index in [-0.39, 0.29) is 6.03 Å². The molecule has 5 nitrogen and oxygen atoms in total. The molecule has 1 N–H and O–H groups in total. The molecule has 142 valence electrons. The van der Waals surface area contributed by atoms with E-state index in [4.69, 9.17) is 4.74 Å². The largest absolute Gasteiger partial charge is 0.375 e. The van der Waals surface area contributed by atoms with Gasteiger partial charge in [-0.15, -0.1) is 0 Å². The highest BCUT2D eigenvalue weighted by Crippen LogP contribution is 2.30. The first-order valence-electron chi connectivity index (χ1n) is 10.7. The number of carbonyl (C=O) groups is 1. The fourth-order valence-electron chi connectivity index (χ4n) is 4.72. The maximum atomic E-state index is 12.5. The number of carbonyl (C=O) groups excluding carboxylic acids is 1. The lowest BCUT2D eigenvalue weighted by Gasteiger charge is -2.35. The number of nitrogens with zero attached hydrogens (tertiary/aromatic N) is 2. The van der Waals surface area contributed by atoms with Crippen LogP contribution < -0.4 is 5.32 Å². The van der Waals surface area contributed by atoms with Gasteiger partial charge in [0.2, 0.25) is 0 Å². The summed E-state index contributed by atoms with van der Waals surface area (Å²) in [7, 11) is 0. The highest BCUT2D eigenvalue weighted by molar-refractivity contribution is 5.74. The Kier molecular flexibility index (Phi) is 5.81. The predicted molar refractivity (Wildman–Crippen MR) is 98.7 cm³/mol. The fraction of sp³-hybridized carbons (Fsp3) is 0.950. The first-order valence-corrected chi connectivity index (χ1v) is 10.7. The summed E-state index contributed by atoms with van der Waals surface area (Å²) in [5, 5.41) is 3.27. The number of rotatable bonds is 5. The Bertz CT molecular complexity index is 440. The van der Waals surface area contributed by atoms with Crippen molar-refractivity contribution in [2.24, 2.45) is 5.92 Å². The van der Waals surface area contributed by atoms with Gasteiger partial charge in [0.25, 0.3) is 0 Å². The van der Waals surface area contributed by atoms with E-state index < -0.39 is 0 Å². The molecule has 0 bridgehead atoms. The summed E-state index contributed by atoms with van der Waals surface area (Å²) >= 11 is 0. The van der Waals surface area contributed by atoms with Crippen molar-refractivity contribution in [3.8, 4) is 0 Å². The van der Waals surface area contributed by atoms with Gasteiger partial charge in [0.1, 0.15) is 0 Å². The Morgan fingerprint density at radius 1 is 0.880 bits per heavy atom. The SMILES string of the molecule is O=C(N[C@H]1CCN(CC2CC2)C1)N1CCC(OC2CCCCC2)CC1. The topological polar surface area (TPSA) is 44.8 Å². The third-order valence-corrected chi connectivity index (χ3v) is 6.48. The van der Waals surface area contributed by atoms with E-state index in [1.807, 2.05) is 4.90 Å². The van der Waals surface area contributed by atoms with Crippen LogP contribution in [0.1, 0.15) is 64.2 Å². The molecule has 0 aromatic heterocycles. The summed E-state index contributed by atoms with van der Waals surface area (Å²) in [6, 6.07) is 0.497. The molecule has 0 unspecified atom stereocenters. The van der Waals surface area contributed by atoms with E-state index in [1.54, 1.807) is 0 Å². The molecule has 4 fully saturated rings. The Hall–Kier alpha value is -0.810. The van der Waals surface area contributed by atoms with Crippen molar-refractivity contribution in [1.82, 2.24) is 15.1 Å². The number of nitrogens with one attached hydrogen (secondary N) is 1. The maximum absolute atomic E-state index is 12.5. The second-order valence-electron chi connectivity index (χ2n) is 8.72. The van der Waals surface area contributed by atoms with Crippen LogP contribution in [0.2, 0.25) is 0 Å². The second-order valence-corrected chi connectivity index (χ2v) is 8.72. The minimum atomic E-state index is 0.148. The van der Waals surface area contributed by atoms with E-state index in [9.17, 15) is 4.79 Å². The lowest BCUT2D eigenvalue weighted by Crippen LogP contribution is -2.49. The van der Waals surface area contributed by atoms with Crippen LogP contribution in [-0.2, 0) is 4.74 Å². The zero-order valence-electron chi connectivity index (χ0n) is 15.6. The molecule has 2 saturated heterocycles. The minimum Gasteiger partial charge on any atom is -0.375 e. The van der Waals surface area contributed by atoms with Crippen molar-refractivity contribution in [2.75, 3.05) is 32.7 Å². The number of hydrogen-bond donors (Lipinski definition) is 1. The lowest BCUT2D eigenvalue weighted by molar-refractivity contribution is -0.0515. The molecule has 0 aromatic carbocycles. The number of urea groups is 1. The summed E-state index contributed by atoms with van der Waals surface area (Å²) in [5.41, 5.74) is 0. The molecular formula is C20H35N3O2. The van der Waals surface area contributed by atoms with Gasteiger partial charge in [-0.2, -0.15) is 0 Å². The van der Waals surface area contributed by atoms with Crippen molar-refractivity contribution < 1.29 is 9.53 Å². The average molecular weight is 350 g/mol. The Morgan fingerprint density at radius 2 is 1.60 bits per heavy atom. The number of hydrogen-bond acceptors (Lipinski definition) is 3. The van der Waals surface area contributed by atoms with Gasteiger partial charge in [-0.1, -0.05) is 19.3 Å². The van der Waals surface area contributed by atoms with Crippen molar-refractivity contribution in [2.45, 2.75) is 82.5 Å². The van der Waals surface area contributed by atoms with E-state index in [1.165, 1.54) is 51.5 Å². The molecule has 2 aliphatic carbocycles. The summed E-state index contributed by atoms with van der Waals surface area (Å²) in [6.45, 7) is 5.14. The van der Waals surface area contributed by atoms with E-state index >= 15 is 0 Å². The molecule has 4 aliphatic rings. The van der Waals surface area contributed by atoms with Crippen LogP contribution in [0, 0.1) is 5.92 Å². The Labute approximate surface area is 152 Å². The molecule has 5 heteroatoms. The van der Waals surface area contributed by atoms with Gasteiger partial charge < -0.3 is 19.9 Å². The summed E-state index contributed by atoms with van der Waals surface area (Å²) < 4.78 is 6.29. The smallest absolute Gasteiger partial charge is 0.317 e. The van der Waals surface area contributed by atoms with Crippen LogP contribution in [-0.4, -0.2) is 66.8 Å². The highest BCUT2D eigenvalue weighted by Gasteiger charge is 2.31. The second kappa shape index (κ2) is 8.26. The summed E-state index contributed by atoms with van der Waals surface area (Å²) in [5.74, 6) is 0.942. The van der Waals surface area contributed by atoms with Gasteiger partial charge in [0.05, 0.1) is 12.2 Å². The van der Waals surface area contributed by atoms with Crippen molar-refractivity contribution in [3.05, 3.63) is 0 Å². The standard InChI is InChI=1S/C20H35N3O2/c24-20(21-17-8-11-22(15-17)14-16-6-7-16)23-12-9-19(10-13-23)25-18-4-2-1-3-5-18/h16-19H,1-15H2,(H,21,24)/t17-/m0/s1. The van der Waals surface area contributed by atoms with Crippen LogP contribution in [0.5, 0.6) is 0 Å². The normalized spacial score (nSPS) is 29.9. The van der Waals surface area contributed by atoms with E-state index in [0.29, 0.717) is 18.2 Å². The predicted octanol–water partition coefficient (Wildman–Crippen LogP) is 2.99. The third kappa shape index (κ3) is 5.10. The monoisotopic (exact) mass is 349 g/mol. The van der Waals surface area contributed by atoms with E-state index in [2.05, 4.69) is 10.2 Å². The fourth-order valence-corrected chi connectivity index (χ4v) is 4.72. The number of likely N-dealkylation sites (tertiary alicyclic amines) is 2. The van der Waals surface area contributed by atoms with Gasteiger partial charge in [-0.25, -0.2) is 4.79 Å². The molecule has 0 spiro atoms. The van der Waals surface area contributed by atoms with Gasteiger partial charge in [0.15, 0.2) is 0 Å². The third-order valence-electron chi connectivity index (χ3n) is 6.48. The van der Waals surface area contributed by atoms with Gasteiger partial charge in [-0.3, -0.25) is 0 Å². The maximum Gasteiger partial charge on any atom is 0.317 e. The number of ether oxygens (including phenoxy) is 1. The molecule has 1 atom stereocenters. The van der Waals surface area contributed by atoms with Crippen molar-refractivity contribution >= 4 is 6.03 Å². The molecule has 2 amide bonds. The van der Waals surface area contributed by atoms with Gasteiger partial charge >= 0.3 is 6.03 Å². The zero-order valence-corrected chi connectivity index (χ0v) is 15.6. The highest BCUT2D eigenvalue weighted by atomic mass is 16.5. The van der Waals surface area contributed by atoms with Gasteiger partial charge in [0, 0.05) is 38.8 Å². The molecule has 0 radical (unpaired) electrons. The van der Waals surface area contributed by atoms with Crippen LogP contribution in [0.4, 0.5) is 4.79 Å². The molecule has 25 heavy (non-hydrogen) atoms. The minimum absolute atomic E-state index is 0.148. The number of piperidine rings is 1. The van der Waals surface area contributed by atoms with Crippen LogP contribution in [0.3, 0.4) is 0 Å². The Balaban J connectivity index is 1.14. The molecule has 2 aliphatic heterocycles. The Morgan fingerprint density at radius 3 is 2.32 bits per heavy atom. The molecule has 2 saturated carbocycles. The van der Waals surface area contributed by atoms with Crippen molar-refractivity contribution in [1.29, 1.82) is 0 Å². The zero-order chi connectivity index (χ0) is 17.1. The molecule has 4 rings (SSSR count). The molecule has 0 aromatic rings. The van der Waals surface area contributed by atoms with E-state index in [0.717, 1.165) is 51.4 Å². The van der Waals surface area contributed by atoms with Crippen molar-refractivity contribution in [3.63, 3.8) is 0 Å².